The zero-order chi connectivity index (χ0) is 15.2. The fourth-order valence-electron chi connectivity index (χ4n) is 1.99. The van der Waals surface area contributed by atoms with E-state index in [1.807, 2.05) is 12.1 Å². The van der Waals surface area contributed by atoms with Gasteiger partial charge in [-0.05, 0) is 64.6 Å². The lowest BCUT2D eigenvalue weighted by Gasteiger charge is -2.15. The monoisotopic (exact) mass is 298 g/mol. The molecule has 5 heteroatoms. The summed E-state index contributed by atoms with van der Waals surface area (Å²) in [6.07, 6.45) is 3.55. The third-order valence-electron chi connectivity index (χ3n) is 3.29. The van der Waals surface area contributed by atoms with E-state index >= 15 is 0 Å². The molecule has 0 aliphatic rings. The van der Waals surface area contributed by atoms with Crippen LogP contribution in [-0.4, -0.2) is 46.8 Å². The average molecular weight is 298 g/mol. The molecule has 1 aromatic rings. The minimum absolute atomic E-state index is 0.239. The maximum Gasteiger partial charge on any atom is 0.175 e. The van der Waals surface area contributed by atoms with Crippen LogP contribution in [0.1, 0.15) is 31.4 Å². The first kappa shape index (κ1) is 17.1. The van der Waals surface area contributed by atoms with Crippen molar-refractivity contribution in [3.05, 3.63) is 29.8 Å². The first-order valence-electron chi connectivity index (χ1n) is 6.99. The van der Waals surface area contributed by atoms with Crippen LogP contribution in [0.3, 0.4) is 0 Å². The molecule has 0 bridgehead atoms. The zero-order valence-corrected chi connectivity index (χ0v) is 13.7. The van der Waals surface area contributed by atoms with Gasteiger partial charge in [-0.25, -0.2) is 8.42 Å². The van der Waals surface area contributed by atoms with E-state index in [9.17, 15) is 8.42 Å². The Morgan fingerprint density at radius 1 is 1.15 bits per heavy atom. The summed E-state index contributed by atoms with van der Waals surface area (Å²) in [5.41, 5.74) is 1.12. The molecular weight excluding hydrogens is 272 g/mol. The smallest absolute Gasteiger partial charge is 0.175 e. The second kappa shape index (κ2) is 7.76. The Morgan fingerprint density at radius 3 is 2.25 bits per heavy atom. The van der Waals surface area contributed by atoms with Crippen molar-refractivity contribution >= 4 is 9.84 Å². The third kappa shape index (κ3) is 6.03. The highest BCUT2D eigenvalue weighted by molar-refractivity contribution is 7.90. The van der Waals surface area contributed by atoms with Gasteiger partial charge in [0.25, 0.3) is 0 Å². The van der Waals surface area contributed by atoms with Crippen molar-refractivity contribution in [3.8, 4) is 0 Å². The number of rotatable bonds is 8. The van der Waals surface area contributed by atoms with E-state index in [4.69, 9.17) is 0 Å². The average Bonchev–Trinajstić information content (AvgIpc) is 2.37. The molecule has 20 heavy (non-hydrogen) atoms. The minimum atomic E-state index is -3.10. The Kier molecular flexibility index (Phi) is 6.65. The van der Waals surface area contributed by atoms with Crippen molar-refractivity contribution < 1.29 is 8.42 Å². The van der Waals surface area contributed by atoms with Gasteiger partial charge in [-0.2, -0.15) is 0 Å². The number of nitrogens with zero attached hydrogens (tertiary/aromatic N) is 1. The van der Waals surface area contributed by atoms with Crippen molar-refractivity contribution in [2.24, 2.45) is 0 Å². The number of hydrogen-bond donors (Lipinski definition) is 1. The number of hydrogen-bond acceptors (Lipinski definition) is 4. The molecule has 0 saturated heterocycles. The van der Waals surface area contributed by atoms with Gasteiger partial charge >= 0.3 is 0 Å². The van der Waals surface area contributed by atoms with Crippen LogP contribution in [0.25, 0.3) is 0 Å². The Hall–Kier alpha value is -0.910. The van der Waals surface area contributed by atoms with Gasteiger partial charge in [0.15, 0.2) is 9.84 Å². The lowest BCUT2D eigenvalue weighted by molar-refractivity contribution is 0.389. The van der Waals surface area contributed by atoms with E-state index in [1.165, 1.54) is 12.7 Å². The summed E-state index contributed by atoms with van der Waals surface area (Å²) < 4.78 is 22.8. The van der Waals surface area contributed by atoms with Crippen LogP contribution in [0, 0.1) is 0 Å². The van der Waals surface area contributed by atoms with Crippen molar-refractivity contribution in [2.45, 2.75) is 30.7 Å². The molecule has 0 aliphatic carbocycles. The Balaban J connectivity index is 2.42. The van der Waals surface area contributed by atoms with Crippen molar-refractivity contribution in [3.63, 3.8) is 0 Å². The molecule has 1 N–H and O–H groups in total. The lowest BCUT2D eigenvalue weighted by Crippen LogP contribution is -2.21. The maximum absolute atomic E-state index is 11.4. The molecule has 0 saturated carbocycles. The molecule has 1 unspecified atom stereocenters. The molecular formula is C15H26N2O2S. The van der Waals surface area contributed by atoms with Crippen LogP contribution in [0.15, 0.2) is 29.2 Å². The minimum Gasteiger partial charge on any atom is -0.310 e. The van der Waals surface area contributed by atoms with Gasteiger partial charge in [0.05, 0.1) is 4.90 Å². The molecule has 1 atom stereocenters. The molecule has 0 aliphatic heterocycles. The largest absolute Gasteiger partial charge is 0.310 e. The molecule has 0 radical (unpaired) electrons. The van der Waals surface area contributed by atoms with Crippen LogP contribution < -0.4 is 5.32 Å². The zero-order valence-electron chi connectivity index (χ0n) is 12.9. The van der Waals surface area contributed by atoms with Crippen molar-refractivity contribution in [1.82, 2.24) is 10.2 Å². The van der Waals surface area contributed by atoms with Crippen LogP contribution in [0.5, 0.6) is 0 Å². The van der Waals surface area contributed by atoms with Crippen molar-refractivity contribution in [2.75, 3.05) is 33.4 Å². The summed E-state index contributed by atoms with van der Waals surface area (Å²) in [5, 5.41) is 3.46. The van der Waals surface area contributed by atoms with E-state index in [1.54, 1.807) is 12.1 Å². The van der Waals surface area contributed by atoms with Crippen LogP contribution in [0.2, 0.25) is 0 Å². The number of benzene rings is 1. The number of unbranched alkanes of at least 4 members (excludes halogenated alkanes) is 1. The maximum atomic E-state index is 11.4. The Labute approximate surface area is 123 Å². The quantitative estimate of drug-likeness (QED) is 0.747. The molecule has 1 rings (SSSR count). The summed E-state index contributed by atoms with van der Waals surface area (Å²) in [6.45, 7) is 4.18. The predicted molar refractivity (Wildman–Crippen MR) is 83.8 cm³/mol. The van der Waals surface area contributed by atoms with Crippen molar-refractivity contribution in [1.29, 1.82) is 0 Å². The van der Waals surface area contributed by atoms with E-state index < -0.39 is 9.84 Å². The van der Waals surface area contributed by atoms with E-state index in [-0.39, 0.29) is 6.04 Å². The van der Waals surface area contributed by atoms with E-state index in [0.717, 1.165) is 25.1 Å². The second-order valence-corrected chi connectivity index (χ2v) is 7.54. The Bertz CT molecular complexity index is 495. The fourth-order valence-corrected chi connectivity index (χ4v) is 2.62. The molecule has 1 aromatic carbocycles. The molecule has 0 heterocycles. The van der Waals surface area contributed by atoms with Gasteiger partial charge in [0.2, 0.25) is 0 Å². The number of nitrogens with one attached hydrogen (secondary N) is 1. The normalized spacial score (nSPS) is 13.7. The topological polar surface area (TPSA) is 49.4 Å². The summed E-state index contributed by atoms with van der Waals surface area (Å²) in [5.74, 6) is 0. The lowest BCUT2D eigenvalue weighted by atomic mass is 10.1. The summed E-state index contributed by atoms with van der Waals surface area (Å²) in [7, 11) is 1.06. The van der Waals surface area contributed by atoms with Gasteiger partial charge in [0.1, 0.15) is 0 Å². The molecule has 4 nitrogen and oxygen atoms in total. The van der Waals surface area contributed by atoms with E-state index in [2.05, 4.69) is 31.2 Å². The number of sulfone groups is 1. The van der Waals surface area contributed by atoms with Gasteiger partial charge in [-0.3, -0.25) is 0 Å². The summed E-state index contributed by atoms with van der Waals surface area (Å²) in [4.78, 5) is 2.56. The van der Waals surface area contributed by atoms with Gasteiger partial charge in [0, 0.05) is 12.3 Å². The van der Waals surface area contributed by atoms with Gasteiger partial charge in [-0.15, -0.1) is 0 Å². The highest BCUT2D eigenvalue weighted by Crippen LogP contribution is 2.16. The molecule has 0 amide bonds. The highest BCUT2D eigenvalue weighted by atomic mass is 32.2. The Morgan fingerprint density at radius 2 is 1.75 bits per heavy atom. The third-order valence-corrected chi connectivity index (χ3v) is 4.42. The van der Waals surface area contributed by atoms with Gasteiger partial charge in [-0.1, -0.05) is 12.1 Å². The summed E-state index contributed by atoms with van der Waals surface area (Å²) in [6, 6.07) is 7.36. The fraction of sp³-hybridized carbons (Fsp3) is 0.600. The molecule has 114 valence electrons. The SMILES string of the molecule is CC(NCCCCN(C)C)c1ccc(S(C)(=O)=O)cc1. The molecule has 0 aromatic heterocycles. The van der Waals surface area contributed by atoms with Crippen LogP contribution in [0.4, 0.5) is 0 Å². The molecule has 0 spiro atoms. The van der Waals surface area contributed by atoms with Crippen LogP contribution in [-0.2, 0) is 9.84 Å². The molecule has 0 fully saturated rings. The second-order valence-electron chi connectivity index (χ2n) is 5.53. The summed E-state index contributed by atoms with van der Waals surface area (Å²) >= 11 is 0. The van der Waals surface area contributed by atoms with E-state index in [0.29, 0.717) is 4.90 Å². The van der Waals surface area contributed by atoms with Crippen LogP contribution >= 0.6 is 0 Å². The highest BCUT2D eigenvalue weighted by Gasteiger charge is 2.09. The van der Waals surface area contributed by atoms with Gasteiger partial charge < -0.3 is 10.2 Å². The standard InChI is InChI=1S/C15H26N2O2S/c1-13(16-11-5-6-12-17(2)3)14-7-9-15(10-8-14)20(4,18)19/h7-10,13,16H,5-6,11-12H2,1-4H3. The predicted octanol–water partition coefficient (Wildman–Crippen LogP) is 2.08. The first-order chi connectivity index (χ1) is 9.30. The first-order valence-corrected chi connectivity index (χ1v) is 8.88.